The summed E-state index contributed by atoms with van der Waals surface area (Å²) < 4.78 is 0. The van der Waals surface area contributed by atoms with E-state index in [2.05, 4.69) is 15.3 Å². The fourth-order valence-corrected chi connectivity index (χ4v) is 1.03. The van der Waals surface area contributed by atoms with Gasteiger partial charge in [0, 0.05) is 18.3 Å². The summed E-state index contributed by atoms with van der Waals surface area (Å²) in [4.78, 5) is 7.80. The van der Waals surface area contributed by atoms with Crippen molar-refractivity contribution in [3.05, 3.63) is 17.0 Å². The molecule has 1 aromatic heterocycles. The number of hydrogen-bond donors (Lipinski definition) is 2. The van der Waals surface area contributed by atoms with Crippen molar-refractivity contribution in [3.8, 4) is 0 Å². The summed E-state index contributed by atoms with van der Waals surface area (Å²) in [6.45, 7) is 2.37. The lowest BCUT2D eigenvalue weighted by atomic mass is 10.4. The molecule has 1 rings (SSSR count). The Morgan fingerprint density at radius 3 is 2.92 bits per heavy atom. The zero-order chi connectivity index (χ0) is 8.97. The van der Waals surface area contributed by atoms with Gasteiger partial charge in [-0.1, -0.05) is 0 Å². The van der Waals surface area contributed by atoms with E-state index < -0.39 is 0 Å². The molecule has 66 valence electrons. The summed E-state index contributed by atoms with van der Waals surface area (Å²) in [5.74, 6) is 0.640. The van der Waals surface area contributed by atoms with Crippen molar-refractivity contribution < 1.29 is 5.11 Å². The van der Waals surface area contributed by atoms with Crippen LogP contribution in [0.1, 0.15) is 5.69 Å². The quantitative estimate of drug-likeness (QED) is 0.689. The maximum Gasteiger partial charge on any atom is 0.224 e. The molecular weight excluding hydrogens is 178 g/mol. The Morgan fingerprint density at radius 2 is 2.33 bits per heavy atom. The van der Waals surface area contributed by atoms with E-state index in [1.807, 2.05) is 6.92 Å². The van der Waals surface area contributed by atoms with Gasteiger partial charge in [0.2, 0.25) is 5.28 Å². The van der Waals surface area contributed by atoms with Crippen molar-refractivity contribution >= 4 is 17.4 Å². The number of aliphatic hydroxyl groups excluding tert-OH is 1. The third kappa shape index (κ3) is 2.64. The standard InChI is InChI=1S/C7H10ClN3O/c1-5-4-6(9-2-3-12)11-7(8)10-5/h4,12H,2-3H2,1H3,(H,9,10,11). The first-order valence-corrected chi connectivity index (χ1v) is 3.96. The van der Waals surface area contributed by atoms with Crippen molar-refractivity contribution in [2.75, 3.05) is 18.5 Å². The molecule has 0 amide bonds. The molecule has 4 nitrogen and oxygen atoms in total. The second-order valence-electron chi connectivity index (χ2n) is 2.31. The first-order valence-electron chi connectivity index (χ1n) is 3.58. The summed E-state index contributed by atoms with van der Waals surface area (Å²) >= 11 is 5.60. The smallest absolute Gasteiger partial charge is 0.224 e. The number of aryl methyl sites for hydroxylation is 1. The average molecular weight is 188 g/mol. The van der Waals surface area contributed by atoms with E-state index in [0.717, 1.165) is 5.69 Å². The number of halogens is 1. The van der Waals surface area contributed by atoms with E-state index in [0.29, 0.717) is 12.4 Å². The van der Waals surface area contributed by atoms with E-state index in [4.69, 9.17) is 16.7 Å². The molecule has 0 saturated carbocycles. The van der Waals surface area contributed by atoms with Gasteiger partial charge in [-0.05, 0) is 18.5 Å². The van der Waals surface area contributed by atoms with Crippen LogP contribution >= 0.6 is 11.6 Å². The van der Waals surface area contributed by atoms with Crippen molar-refractivity contribution in [3.63, 3.8) is 0 Å². The predicted octanol–water partition coefficient (Wildman–Crippen LogP) is 0.843. The fraction of sp³-hybridized carbons (Fsp3) is 0.429. The minimum Gasteiger partial charge on any atom is -0.395 e. The Labute approximate surface area is 75.6 Å². The van der Waals surface area contributed by atoms with Gasteiger partial charge < -0.3 is 10.4 Å². The molecule has 1 aromatic rings. The molecule has 5 heteroatoms. The molecular formula is C7H10ClN3O. The number of nitrogens with zero attached hydrogens (tertiary/aromatic N) is 2. The van der Waals surface area contributed by atoms with Crippen LogP contribution in [0, 0.1) is 6.92 Å². The van der Waals surface area contributed by atoms with E-state index in [1.165, 1.54) is 0 Å². The topological polar surface area (TPSA) is 58.0 Å². The molecule has 0 atom stereocenters. The van der Waals surface area contributed by atoms with Crippen LogP contribution in [0.2, 0.25) is 5.28 Å². The van der Waals surface area contributed by atoms with Crippen molar-refractivity contribution in [2.45, 2.75) is 6.92 Å². The van der Waals surface area contributed by atoms with Crippen LogP contribution in [-0.4, -0.2) is 28.2 Å². The van der Waals surface area contributed by atoms with Crippen molar-refractivity contribution in [2.24, 2.45) is 0 Å². The Balaban J connectivity index is 2.72. The van der Waals surface area contributed by atoms with Gasteiger partial charge in [-0.3, -0.25) is 0 Å². The van der Waals surface area contributed by atoms with Crippen LogP contribution in [0.5, 0.6) is 0 Å². The molecule has 0 aromatic carbocycles. The lowest BCUT2D eigenvalue weighted by Crippen LogP contribution is -2.07. The molecule has 2 N–H and O–H groups in total. The molecule has 0 saturated heterocycles. The molecule has 0 unspecified atom stereocenters. The second-order valence-corrected chi connectivity index (χ2v) is 2.65. The molecule has 0 fully saturated rings. The summed E-state index contributed by atoms with van der Waals surface area (Å²) in [5, 5.41) is 11.6. The highest BCUT2D eigenvalue weighted by Gasteiger charge is 1.97. The minimum atomic E-state index is 0.0701. The van der Waals surface area contributed by atoms with E-state index in [9.17, 15) is 0 Å². The lowest BCUT2D eigenvalue weighted by Gasteiger charge is -2.03. The maximum absolute atomic E-state index is 8.53. The zero-order valence-corrected chi connectivity index (χ0v) is 7.47. The second kappa shape index (κ2) is 4.23. The van der Waals surface area contributed by atoms with Gasteiger partial charge >= 0.3 is 0 Å². The Hall–Kier alpha value is -0.870. The minimum absolute atomic E-state index is 0.0701. The molecule has 0 radical (unpaired) electrons. The number of hydrogen-bond acceptors (Lipinski definition) is 4. The maximum atomic E-state index is 8.53. The molecule has 0 spiro atoms. The normalized spacial score (nSPS) is 9.92. The number of aliphatic hydroxyl groups is 1. The first-order chi connectivity index (χ1) is 5.72. The van der Waals surface area contributed by atoms with E-state index in [-0.39, 0.29) is 11.9 Å². The van der Waals surface area contributed by atoms with Gasteiger partial charge in [0.25, 0.3) is 0 Å². The van der Waals surface area contributed by atoms with Gasteiger partial charge in [-0.2, -0.15) is 0 Å². The van der Waals surface area contributed by atoms with Gasteiger partial charge in [0.15, 0.2) is 0 Å². The fourth-order valence-electron chi connectivity index (χ4n) is 0.807. The first kappa shape index (κ1) is 9.22. The highest BCUT2D eigenvalue weighted by atomic mass is 35.5. The van der Waals surface area contributed by atoms with E-state index >= 15 is 0 Å². The predicted molar refractivity (Wildman–Crippen MR) is 47.4 cm³/mol. The summed E-state index contributed by atoms with van der Waals surface area (Å²) in [6, 6.07) is 1.77. The lowest BCUT2D eigenvalue weighted by molar-refractivity contribution is 0.311. The van der Waals surface area contributed by atoms with Gasteiger partial charge in [0.1, 0.15) is 5.82 Å². The third-order valence-electron chi connectivity index (χ3n) is 1.24. The van der Waals surface area contributed by atoms with Gasteiger partial charge in [-0.15, -0.1) is 0 Å². The summed E-state index contributed by atoms with van der Waals surface area (Å²) in [6.07, 6.45) is 0. The number of nitrogens with one attached hydrogen (secondary N) is 1. The third-order valence-corrected chi connectivity index (χ3v) is 1.41. The van der Waals surface area contributed by atoms with Crippen molar-refractivity contribution in [1.29, 1.82) is 0 Å². The Morgan fingerprint density at radius 1 is 1.58 bits per heavy atom. The SMILES string of the molecule is Cc1cc(NCCO)nc(Cl)n1. The Kier molecular flexibility index (Phi) is 3.25. The number of anilines is 1. The number of aromatic nitrogens is 2. The number of rotatable bonds is 3. The van der Waals surface area contributed by atoms with Gasteiger partial charge in [0.05, 0.1) is 6.61 Å². The van der Waals surface area contributed by atoms with Crippen LogP contribution in [0.4, 0.5) is 5.82 Å². The summed E-state index contributed by atoms with van der Waals surface area (Å²) in [7, 11) is 0. The van der Waals surface area contributed by atoms with Crippen LogP contribution < -0.4 is 5.32 Å². The van der Waals surface area contributed by atoms with Crippen LogP contribution in [0.25, 0.3) is 0 Å². The van der Waals surface area contributed by atoms with Crippen molar-refractivity contribution in [1.82, 2.24) is 9.97 Å². The van der Waals surface area contributed by atoms with Crippen LogP contribution in [0.15, 0.2) is 6.07 Å². The molecule has 0 bridgehead atoms. The zero-order valence-electron chi connectivity index (χ0n) is 6.71. The summed E-state index contributed by atoms with van der Waals surface area (Å²) in [5.41, 5.74) is 0.801. The van der Waals surface area contributed by atoms with Gasteiger partial charge in [-0.25, -0.2) is 9.97 Å². The molecule has 0 aliphatic rings. The highest BCUT2D eigenvalue weighted by molar-refractivity contribution is 6.28. The monoisotopic (exact) mass is 187 g/mol. The van der Waals surface area contributed by atoms with E-state index in [1.54, 1.807) is 6.07 Å². The average Bonchev–Trinajstić information content (AvgIpc) is 1.99. The largest absolute Gasteiger partial charge is 0.395 e. The Bertz CT molecular complexity index is 247. The van der Waals surface area contributed by atoms with Crippen LogP contribution in [-0.2, 0) is 0 Å². The molecule has 12 heavy (non-hydrogen) atoms. The molecule has 1 heterocycles. The van der Waals surface area contributed by atoms with Crippen LogP contribution in [0.3, 0.4) is 0 Å². The molecule has 0 aliphatic heterocycles. The highest BCUT2D eigenvalue weighted by Crippen LogP contribution is 2.08. The molecule has 0 aliphatic carbocycles.